The van der Waals surface area contributed by atoms with Crippen LogP contribution in [0.15, 0.2) is 30.6 Å². The Morgan fingerprint density at radius 3 is 2.73 bits per heavy atom. The largest absolute Gasteiger partial charge is 0.477 e. The molecule has 0 spiro atoms. The van der Waals surface area contributed by atoms with Crippen molar-refractivity contribution in [1.82, 2.24) is 14.1 Å². The molecule has 3 heterocycles. The highest BCUT2D eigenvalue weighted by molar-refractivity contribution is 7.87. The quantitative estimate of drug-likeness (QED) is 0.449. The number of aromatic amines is 1. The summed E-state index contributed by atoms with van der Waals surface area (Å²) in [5.74, 6) is -1.22. The topological polar surface area (TPSA) is 161 Å². The van der Waals surface area contributed by atoms with E-state index in [1.165, 1.54) is 10.6 Å². The van der Waals surface area contributed by atoms with Gasteiger partial charge in [0.05, 0.1) is 0 Å². The number of nitrogens with one attached hydrogen (secondary N) is 1. The number of aromatic carboxylic acids is 1. The summed E-state index contributed by atoms with van der Waals surface area (Å²) in [6, 6.07) is 4.57. The van der Waals surface area contributed by atoms with Crippen molar-refractivity contribution < 1.29 is 22.8 Å². The van der Waals surface area contributed by atoms with E-state index in [0.29, 0.717) is 15.2 Å². The van der Waals surface area contributed by atoms with Gasteiger partial charge in [0.2, 0.25) is 0 Å². The maximum atomic E-state index is 11.5. The molecule has 0 saturated carbocycles. The molecule has 0 radical (unpaired) electrons. The Bertz CT molecular complexity index is 1000. The van der Waals surface area contributed by atoms with Crippen molar-refractivity contribution in [1.29, 1.82) is 0 Å². The monoisotopic (exact) mass is 323 g/mol. The normalized spacial score (nSPS) is 11.9. The van der Waals surface area contributed by atoms with Gasteiger partial charge in [0.25, 0.3) is 0 Å². The summed E-state index contributed by atoms with van der Waals surface area (Å²) in [5.41, 5.74) is 6.28. The van der Waals surface area contributed by atoms with Crippen LogP contribution in [0.2, 0.25) is 0 Å². The van der Waals surface area contributed by atoms with Gasteiger partial charge in [0.1, 0.15) is 6.20 Å². The van der Waals surface area contributed by atoms with Crippen LogP contribution in [0.4, 0.5) is 5.95 Å². The number of rotatable bonds is 3. The van der Waals surface area contributed by atoms with Crippen molar-refractivity contribution in [3.8, 4) is 11.1 Å². The molecule has 22 heavy (non-hydrogen) atoms. The van der Waals surface area contributed by atoms with Crippen molar-refractivity contribution in [3.05, 3.63) is 36.3 Å². The molecule has 6 N–H and O–H groups in total. The lowest BCUT2D eigenvalue weighted by Crippen LogP contribution is -2.25. The van der Waals surface area contributed by atoms with E-state index in [1.807, 2.05) is 0 Å². The molecule has 0 saturated heterocycles. The molecular formula is C11H11N6O4S+. The number of fused-ring (bicyclic) bond motifs is 1. The van der Waals surface area contributed by atoms with E-state index in [1.54, 1.807) is 18.3 Å². The standard InChI is InChI=1S/C11H10N6O4S/c12-11-14-8-2-1-6(5-16(8)15-11)7-3-4-17(22(13,20)21)9(7)10(18)19/h1-5H,(H5,12,13,15,18,19,20,21)/p+1. The Morgan fingerprint density at radius 2 is 2.09 bits per heavy atom. The summed E-state index contributed by atoms with van der Waals surface area (Å²) in [5, 5.41) is 17.0. The zero-order valence-corrected chi connectivity index (χ0v) is 11.8. The second kappa shape index (κ2) is 4.54. The number of nitrogen functional groups attached to an aromatic ring is 1. The van der Waals surface area contributed by atoms with E-state index in [-0.39, 0.29) is 11.5 Å². The van der Waals surface area contributed by atoms with Crippen molar-refractivity contribution in [3.63, 3.8) is 0 Å². The van der Waals surface area contributed by atoms with Crippen molar-refractivity contribution in [2.75, 3.05) is 5.73 Å². The van der Waals surface area contributed by atoms with Crippen LogP contribution in [-0.2, 0) is 10.2 Å². The van der Waals surface area contributed by atoms with E-state index in [4.69, 9.17) is 10.9 Å². The number of carboxylic acid groups (broad SMARTS) is 1. The third kappa shape index (κ3) is 2.17. The smallest absolute Gasteiger partial charge is 0.354 e. The fourth-order valence-electron chi connectivity index (χ4n) is 2.17. The first-order valence-corrected chi connectivity index (χ1v) is 7.43. The molecule has 11 heteroatoms. The number of hydrogen-bond acceptors (Lipinski definition) is 5. The third-order valence-corrected chi connectivity index (χ3v) is 3.89. The highest BCUT2D eigenvalue weighted by Gasteiger charge is 2.24. The van der Waals surface area contributed by atoms with Crippen LogP contribution in [0.1, 0.15) is 10.5 Å². The van der Waals surface area contributed by atoms with Gasteiger partial charge in [-0.05, 0) is 12.1 Å². The molecule has 114 valence electrons. The third-order valence-electron chi connectivity index (χ3n) is 3.04. The van der Waals surface area contributed by atoms with Crippen LogP contribution in [0.3, 0.4) is 0 Å². The lowest BCUT2D eigenvalue weighted by Gasteiger charge is -2.04. The minimum Gasteiger partial charge on any atom is -0.477 e. The minimum atomic E-state index is -4.22. The molecular weight excluding hydrogens is 312 g/mol. The van der Waals surface area contributed by atoms with Crippen LogP contribution >= 0.6 is 0 Å². The number of carbonyl (C=O) groups is 1. The number of pyridine rings is 1. The van der Waals surface area contributed by atoms with Crippen molar-refractivity contribution in [2.24, 2.45) is 5.14 Å². The van der Waals surface area contributed by atoms with Gasteiger partial charge in [-0.1, -0.05) is 0 Å². The van der Waals surface area contributed by atoms with E-state index < -0.39 is 21.9 Å². The summed E-state index contributed by atoms with van der Waals surface area (Å²) in [6.45, 7) is 0. The highest BCUT2D eigenvalue weighted by Crippen LogP contribution is 2.25. The maximum Gasteiger partial charge on any atom is 0.354 e. The number of nitrogens with zero attached hydrogens (tertiary/aromatic N) is 3. The average molecular weight is 323 g/mol. The van der Waals surface area contributed by atoms with Crippen LogP contribution in [0.5, 0.6) is 0 Å². The predicted molar refractivity (Wildman–Crippen MR) is 75.1 cm³/mol. The average Bonchev–Trinajstić information content (AvgIpc) is 2.98. The summed E-state index contributed by atoms with van der Waals surface area (Å²) in [7, 11) is -4.22. The number of H-pyrrole nitrogens is 1. The maximum absolute atomic E-state index is 11.5. The molecule has 3 aromatic heterocycles. The van der Waals surface area contributed by atoms with Crippen LogP contribution in [0.25, 0.3) is 16.8 Å². The lowest BCUT2D eigenvalue weighted by atomic mass is 10.1. The molecule has 0 aromatic carbocycles. The van der Waals surface area contributed by atoms with E-state index in [0.717, 1.165) is 6.20 Å². The Morgan fingerprint density at radius 1 is 1.36 bits per heavy atom. The second-order valence-corrected chi connectivity index (χ2v) is 5.90. The second-order valence-electron chi connectivity index (χ2n) is 4.48. The molecule has 0 aliphatic heterocycles. The van der Waals surface area contributed by atoms with Gasteiger partial charge in [0.15, 0.2) is 5.69 Å². The Kier molecular flexibility index (Phi) is 2.90. The van der Waals surface area contributed by atoms with Crippen LogP contribution < -0.4 is 15.4 Å². The molecule has 0 atom stereocenters. The molecule has 0 aliphatic rings. The van der Waals surface area contributed by atoms with E-state index >= 15 is 0 Å². The summed E-state index contributed by atoms with van der Waals surface area (Å²) in [4.78, 5) is 15.4. The Hall–Kier alpha value is -2.92. The highest BCUT2D eigenvalue weighted by atomic mass is 32.2. The van der Waals surface area contributed by atoms with Gasteiger partial charge in [-0.3, -0.25) is 0 Å². The Labute approximate surface area is 123 Å². The number of anilines is 1. The first-order valence-electron chi connectivity index (χ1n) is 5.92. The number of nitrogens with two attached hydrogens (primary N) is 2. The summed E-state index contributed by atoms with van der Waals surface area (Å²) < 4.78 is 24.9. The van der Waals surface area contributed by atoms with Gasteiger partial charge >= 0.3 is 27.8 Å². The number of carboxylic acids is 1. The fourth-order valence-corrected chi connectivity index (χ4v) is 2.84. The summed E-state index contributed by atoms with van der Waals surface area (Å²) in [6.07, 6.45) is 2.64. The minimum absolute atomic E-state index is 0.192. The molecule has 0 fully saturated rings. The first kappa shape index (κ1) is 14.0. The molecule has 0 bridgehead atoms. The van der Waals surface area contributed by atoms with Crippen molar-refractivity contribution in [2.45, 2.75) is 0 Å². The van der Waals surface area contributed by atoms with Gasteiger partial charge in [-0.15, -0.1) is 4.52 Å². The zero-order chi connectivity index (χ0) is 16.1. The summed E-state index contributed by atoms with van der Waals surface area (Å²) >= 11 is 0. The molecule has 0 amide bonds. The number of aromatic nitrogens is 4. The van der Waals surface area contributed by atoms with E-state index in [9.17, 15) is 18.3 Å². The van der Waals surface area contributed by atoms with Crippen LogP contribution in [-0.4, -0.2) is 33.5 Å². The predicted octanol–water partition coefficient (Wildman–Crippen LogP) is -1.05. The van der Waals surface area contributed by atoms with Gasteiger partial charge in [-0.2, -0.15) is 13.5 Å². The first-order chi connectivity index (χ1) is 10.3. The molecule has 0 unspecified atom stereocenters. The lowest BCUT2D eigenvalue weighted by molar-refractivity contribution is -0.575. The molecule has 3 aromatic rings. The number of hydrogen-bond donors (Lipinski definition) is 4. The van der Waals surface area contributed by atoms with Crippen LogP contribution in [0, 0.1) is 0 Å². The zero-order valence-electron chi connectivity index (χ0n) is 11.0. The molecule has 3 rings (SSSR count). The molecule has 10 nitrogen and oxygen atoms in total. The Balaban J connectivity index is 2.26. The van der Waals surface area contributed by atoms with Gasteiger partial charge < -0.3 is 10.8 Å². The van der Waals surface area contributed by atoms with Gasteiger partial charge in [-0.25, -0.2) is 13.9 Å². The fraction of sp³-hybridized carbons (Fsp3) is 0. The SMILES string of the molecule is Nc1nc2ccc(-c3ccn(S(N)(=O)=O)c3C(=O)O)c[n+]2[nH]1. The van der Waals surface area contributed by atoms with Gasteiger partial charge in [0, 0.05) is 28.4 Å². The van der Waals surface area contributed by atoms with E-state index in [2.05, 4.69) is 10.1 Å². The van der Waals surface area contributed by atoms with Crippen molar-refractivity contribution >= 4 is 27.8 Å². The molecule has 0 aliphatic carbocycles.